The van der Waals surface area contributed by atoms with Gasteiger partial charge in [0.25, 0.3) is 5.91 Å². The van der Waals surface area contributed by atoms with E-state index in [4.69, 9.17) is 0 Å². The molecule has 0 radical (unpaired) electrons. The number of rotatable bonds is 2. The molecule has 9 heteroatoms. The molecule has 2 aromatic rings. The van der Waals surface area contributed by atoms with Crippen LogP contribution >= 0.6 is 11.3 Å². The number of anilines is 1. The van der Waals surface area contributed by atoms with Gasteiger partial charge in [0.2, 0.25) is 11.9 Å². The van der Waals surface area contributed by atoms with Crippen LogP contribution < -0.4 is 10.2 Å². The number of amides is 2. The van der Waals surface area contributed by atoms with E-state index in [1.54, 1.807) is 18.4 Å². The third-order valence-corrected chi connectivity index (χ3v) is 5.18. The van der Waals surface area contributed by atoms with Gasteiger partial charge in [-0.05, 0) is 24.3 Å². The Labute approximate surface area is 142 Å². The Hall–Kier alpha value is -2.55. The van der Waals surface area contributed by atoms with Gasteiger partial charge >= 0.3 is 0 Å². The number of carbonyl (C=O) groups is 2. The highest BCUT2D eigenvalue weighted by Gasteiger charge is 2.34. The van der Waals surface area contributed by atoms with Crippen molar-refractivity contribution in [1.82, 2.24) is 20.2 Å². The fourth-order valence-corrected chi connectivity index (χ4v) is 3.82. The number of fused-ring (bicyclic) bond motifs is 1. The van der Waals surface area contributed by atoms with Gasteiger partial charge in [-0.1, -0.05) is 0 Å². The van der Waals surface area contributed by atoms with Crippen LogP contribution in [0.2, 0.25) is 0 Å². The van der Waals surface area contributed by atoms with E-state index in [0.29, 0.717) is 5.96 Å². The minimum atomic E-state index is -0.324. The van der Waals surface area contributed by atoms with Crippen molar-refractivity contribution in [2.45, 2.75) is 18.9 Å². The number of thiophene rings is 1. The molecule has 2 aromatic heterocycles. The summed E-state index contributed by atoms with van der Waals surface area (Å²) in [5, 5.41) is 5.72. The first-order valence-corrected chi connectivity index (χ1v) is 8.60. The van der Waals surface area contributed by atoms with Gasteiger partial charge in [0.15, 0.2) is 0 Å². The maximum absolute atomic E-state index is 12.7. The van der Waals surface area contributed by atoms with Crippen LogP contribution in [0.25, 0.3) is 10.2 Å². The van der Waals surface area contributed by atoms with Crippen molar-refractivity contribution in [1.29, 1.82) is 0 Å². The number of hydrogen-bond donors (Lipinski definition) is 1. The van der Waals surface area contributed by atoms with E-state index in [1.165, 1.54) is 11.2 Å². The Morgan fingerprint density at radius 1 is 1.42 bits per heavy atom. The molecule has 0 aliphatic carbocycles. The zero-order valence-electron chi connectivity index (χ0n) is 13.1. The fourth-order valence-electron chi connectivity index (χ4n) is 3.09. The lowest BCUT2D eigenvalue weighted by Gasteiger charge is -2.25. The Morgan fingerprint density at radius 2 is 2.29 bits per heavy atom. The lowest BCUT2D eigenvalue weighted by molar-refractivity contribution is -0.124. The van der Waals surface area contributed by atoms with E-state index >= 15 is 0 Å². The Morgan fingerprint density at radius 3 is 3.08 bits per heavy atom. The summed E-state index contributed by atoms with van der Waals surface area (Å²) in [7, 11) is 1.61. The standard InChI is InChI=1S/C15H16N6O2S/c1-20-11(22)7-16-15(20)19-13(23)10-3-2-5-21(10)12-9-4-6-24-14(9)18-8-17-12/h4,6,8,10H,2-3,5,7H2,1H3,(H,16,19,23). The minimum Gasteiger partial charge on any atom is -0.344 e. The van der Waals surface area contributed by atoms with Crippen molar-refractivity contribution in [3.05, 3.63) is 17.8 Å². The first-order chi connectivity index (χ1) is 11.6. The number of guanidine groups is 1. The summed E-state index contributed by atoms with van der Waals surface area (Å²) in [6, 6.07) is 1.66. The molecule has 0 spiro atoms. The van der Waals surface area contributed by atoms with Crippen LogP contribution in [-0.2, 0) is 9.59 Å². The van der Waals surface area contributed by atoms with Gasteiger partial charge in [-0.2, -0.15) is 0 Å². The maximum atomic E-state index is 12.7. The molecule has 1 N–H and O–H groups in total. The molecule has 0 saturated carbocycles. The summed E-state index contributed by atoms with van der Waals surface area (Å²) < 4.78 is 0. The van der Waals surface area contributed by atoms with Crippen LogP contribution in [0.3, 0.4) is 0 Å². The minimum absolute atomic E-state index is 0.0852. The summed E-state index contributed by atoms with van der Waals surface area (Å²) in [4.78, 5) is 41.3. The van der Waals surface area contributed by atoms with Crippen LogP contribution in [0.1, 0.15) is 12.8 Å². The van der Waals surface area contributed by atoms with E-state index in [9.17, 15) is 9.59 Å². The Kier molecular flexibility index (Phi) is 3.64. The molecule has 8 nitrogen and oxygen atoms in total. The molecular weight excluding hydrogens is 328 g/mol. The van der Waals surface area contributed by atoms with Crippen molar-refractivity contribution in [3.8, 4) is 0 Å². The maximum Gasteiger partial charge on any atom is 0.250 e. The number of likely N-dealkylation sites (N-methyl/N-ethyl adjacent to an activating group) is 1. The van der Waals surface area contributed by atoms with Gasteiger partial charge in [-0.3, -0.25) is 19.8 Å². The lowest BCUT2D eigenvalue weighted by Crippen LogP contribution is -2.49. The molecule has 4 heterocycles. The molecule has 1 fully saturated rings. The second kappa shape index (κ2) is 5.82. The number of aromatic nitrogens is 2. The van der Waals surface area contributed by atoms with E-state index in [-0.39, 0.29) is 24.4 Å². The van der Waals surface area contributed by atoms with Crippen molar-refractivity contribution in [2.75, 3.05) is 25.0 Å². The summed E-state index contributed by atoms with van der Waals surface area (Å²) in [5.74, 6) is 0.830. The average Bonchev–Trinajstić information content (AvgIpc) is 3.30. The van der Waals surface area contributed by atoms with E-state index in [0.717, 1.165) is 35.4 Å². The van der Waals surface area contributed by atoms with Gasteiger partial charge in [0.1, 0.15) is 29.6 Å². The normalized spacial score (nSPS) is 20.8. The van der Waals surface area contributed by atoms with Crippen LogP contribution in [0.5, 0.6) is 0 Å². The van der Waals surface area contributed by atoms with Gasteiger partial charge in [-0.15, -0.1) is 11.3 Å². The Balaban J connectivity index is 1.58. The molecule has 1 atom stereocenters. The Bertz CT molecular complexity index is 847. The van der Waals surface area contributed by atoms with Crippen LogP contribution in [0.4, 0.5) is 5.82 Å². The SMILES string of the molecule is CN1C(=O)CN=C1NC(=O)C1CCCN1c1ncnc2sccc12. The summed E-state index contributed by atoms with van der Waals surface area (Å²) in [5.41, 5.74) is 0. The molecule has 2 aliphatic rings. The van der Waals surface area contributed by atoms with Crippen LogP contribution in [-0.4, -0.2) is 58.8 Å². The number of nitrogens with one attached hydrogen (secondary N) is 1. The molecule has 124 valence electrons. The predicted molar refractivity (Wildman–Crippen MR) is 91.0 cm³/mol. The smallest absolute Gasteiger partial charge is 0.250 e. The summed E-state index contributed by atoms with van der Waals surface area (Å²) in [6.45, 7) is 0.850. The molecule has 2 amide bonds. The largest absolute Gasteiger partial charge is 0.344 e. The first kappa shape index (κ1) is 15.0. The molecular formula is C15H16N6O2S. The van der Waals surface area contributed by atoms with E-state index in [2.05, 4.69) is 20.3 Å². The average molecular weight is 344 g/mol. The molecule has 2 aliphatic heterocycles. The summed E-state index contributed by atoms with van der Waals surface area (Å²) >= 11 is 1.55. The second-order valence-electron chi connectivity index (χ2n) is 5.77. The predicted octanol–water partition coefficient (Wildman–Crippen LogP) is 0.604. The molecule has 4 rings (SSSR count). The zero-order valence-corrected chi connectivity index (χ0v) is 13.9. The van der Waals surface area contributed by atoms with Crippen molar-refractivity contribution >= 4 is 45.1 Å². The van der Waals surface area contributed by atoms with Gasteiger partial charge in [0, 0.05) is 13.6 Å². The molecule has 0 aromatic carbocycles. The molecule has 24 heavy (non-hydrogen) atoms. The fraction of sp³-hybridized carbons (Fsp3) is 0.400. The van der Waals surface area contributed by atoms with Crippen molar-refractivity contribution < 1.29 is 9.59 Å². The van der Waals surface area contributed by atoms with Crippen LogP contribution in [0.15, 0.2) is 22.8 Å². The third kappa shape index (κ3) is 2.41. The van der Waals surface area contributed by atoms with Gasteiger partial charge in [0.05, 0.1) is 5.39 Å². The van der Waals surface area contributed by atoms with Crippen molar-refractivity contribution in [3.63, 3.8) is 0 Å². The highest BCUT2D eigenvalue weighted by Crippen LogP contribution is 2.31. The first-order valence-electron chi connectivity index (χ1n) is 7.72. The van der Waals surface area contributed by atoms with E-state index in [1.807, 2.05) is 16.3 Å². The number of carbonyl (C=O) groups excluding carboxylic acids is 2. The van der Waals surface area contributed by atoms with E-state index < -0.39 is 0 Å². The third-order valence-electron chi connectivity index (χ3n) is 4.36. The molecule has 1 saturated heterocycles. The monoisotopic (exact) mass is 344 g/mol. The highest BCUT2D eigenvalue weighted by atomic mass is 32.1. The summed E-state index contributed by atoms with van der Waals surface area (Å²) in [6.07, 6.45) is 3.19. The van der Waals surface area contributed by atoms with Crippen LogP contribution in [0, 0.1) is 0 Å². The quantitative estimate of drug-likeness (QED) is 0.862. The number of aliphatic imine (C=N–C) groups is 1. The topological polar surface area (TPSA) is 90.8 Å². The highest BCUT2D eigenvalue weighted by molar-refractivity contribution is 7.16. The number of nitrogens with zero attached hydrogens (tertiary/aromatic N) is 5. The van der Waals surface area contributed by atoms with Gasteiger partial charge < -0.3 is 4.90 Å². The second-order valence-corrected chi connectivity index (χ2v) is 6.66. The zero-order chi connectivity index (χ0) is 16.7. The lowest BCUT2D eigenvalue weighted by atomic mass is 10.2. The number of hydrogen-bond acceptors (Lipinski definition) is 7. The molecule has 0 bridgehead atoms. The van der Waals surface area contributed by atoms with Crippen molar-refractivity contribution in [2.24, 2.45) is 4.99 Å². The van der Waals surface area contributed by atoms with Gasteiger partial charge in [-0.25, -0.2) is 15.0 Å². The molecule has 1 unspecified atom stereocenters.